The number of hydrogen-bond acceptors (Lipinski definition) is 5. The van der Waals surface area contributed by atoms with Crippen LogP contribution in [0.1, 0.15) is 0 Å². The number of sulfonamides is 1. The molecular formula is C11H12N2O3S2. The van der Waals surface area contributed by atoms with Crippen LogP contribution in [0.5, 0.6) is 5.75 Å². The van der Waals surface area contributed by atoms with E-state index in [1.54, 1.807) is 29.6 Å². The average molecular weight is 284 g/mol. The van der Waals surface area contributed by atoms with Gasteiger partial charge in [-0.25, -0.2) is 8.42 Å². The van der Waals surface area contributed by atoms with Crippen molar-refractivity contribution in [3.8, 4) is 5.75 Å². The second-order valence-electron chi connectivity index (χ2n) is 3.49. The van der Waals surface area contributed by atoms with E-state index in [0.717, 1.165) is 11.3 Å². The molecular weight excluding hydrogens is 272 g/mol. The molecule has 0 unspecified atom stereocenters. The molecule has 1 aromatic carbocycles. The van der Waals surface area contributed by atoms with Crippen LogP contribution < -0.4 is 15.2 Å². The van der Waals surface area contributed by atoms with Crippen molar-refractivity contribution in [2.45, 2.75) is 4.21 Å². The normalized spacial score (nSPS) is 11.2. The molecule has 0 atom stereocenters. The second-order valence-corrected chi connectivity index (χ2v) is 6.35. The maximum Gasteiger partial charge on any atom is 0.271 e. The molecule has 0 saturated heterocycles. The minimum Gasteiger partial charge on any atom is -0.495 e. The number of ether oxygens (including phenoxy) is 1. The third-order valence-corrected chi connectivity index (χ3v) is 5.02. The average Bonchev–Trinajstić information content (AvgIpc) is 2.82. The Hall–Kier alpha value is -1.73. The summed E-state index contributed by atoms with van der Waals surface area (Å²) in [5.41, 5.74) is 6.50. The topological polar surface area (TPSA) is 81.4 Å². The molecule has 0 saturated carbocycles. The molecule has 0 bridgehead atoms. The molecule has 7 heteroatoms. The fourth-order valence-corrected chi connectivity index (χ4v) is 3.46. The molecule has 96 valence electrons. The highest BCUT2D eigenvalue weighted by atomic mass is 32.2. The lowest BCUT2D eigenvalue weighted by molar-refractivity contribution is 0.417. The van der Waals surface area contributed by atoms with E-state index in [-0.39, 0.29) is 4.21 Å². The summed E-state index contributed by atoms with van der Waals surface area (Å²) in [6.45, 7) is 0. The van der Waals surface area contributed by atoms with Crippen molar-refractivity contribution in [1.29, 1.82) is 0 Å². The molecule has 1 aromatic heterocycles. The van der Waals surface area contributed by atoms with Gasteiger partial charge in [-0.3, -0.25) is 4.72 Å². The summed E-state index contributed by atoms with van der Waals surface area (Å²) in [4.78, 5) is 0. The Morgan fingerprint density at radius 3 is 2.67 bits per heavy atom. The first kappa shape index (κ1) is 12.7. The molecule has 0 fully saturated rings. The monoisotopic (exact) mass is 284 g/mol. The molecule has 3 N–H and O–H groups in total. The van der Waals surface area contributed by atoms with Crippen LogP contribution >= 0.6 is 11.3 Å². The first-order valence-electron chi connectivity index (χ1n) is 5.03. The van der Waals surface area contributed by atoms with E-state index < -0.39 is 10.0 Å². The predicted octanol–water partition coefficient (Wildman–Crippen LogP) is 2.14. The van der Waals surface area contributed by atoms with Gasteiger partial charge in [0.25, 0.3) is 10.0 Å². The third-order valence-electron chi connectivity index (χ3n) is 2.24. The van der Waals surface area contributed by atoms with E-state index >= 15 is 0 Å². The molecule has 18 heavy (non-hydrogen) atoms. The van der Waals surface area contributed by atoms with Crippen molar-refractivity contribution in [3.63, 3.8) is 0 Å². The molecule has 0 aliphatic rings. The maximum absolute atomic E-state index is 12.0. The van der Waals surface area contributed by atoms with E-state index in [1.165, 1.54) is 13.2 Å². The zero-order valence-electron chi connectivity index (χ0n) is 9.58. The van der Waals surface area contributed by atoms with Crippen LogP contribution in [-0.2, 0) is 10.0 Å². The minimum atomic E-state index is -3.53. The third kappa shape index (κ3) is 2.57. The lowest BCUT2D eigenvalue weighted by Gasteiger charge is -2.09. The number of hydrogen-bond donors (Lipinski definition) is 2. The van der Waals surface area contributed by atoms with Crippen molar-refractivity contribution < 1.29 is 13.2 Å². The first-order chi connectivity index (χ1) is 8.53. The van der Waals surface area contributed by atoms with Gasteiger partial charge < -0.3 is 10.5 Å². The Morgan fingerprint density at radius 1 is 1.33 bits per heavy atom. The van der Waals surface area contributed by atoms with Gasteiger partial charge in [0.2, 0.25) is 0 Å². The minimum absolute atomic E-state index is 0.261. The molecule has 0 aliphatic heterocycles. The van der Waals surface area contributed by atoms with Gasteiger partial charge in [-0.1, -0.05) is 6.07 Å². The van der Waals surface area contributed by atoms with Gasteiger partial charge in [0.05, 0.1) is 18.5 Å². The molecule has 0 amide bonds. The Labute approximate surface area is 109 Å². The van der Waals surface area contributed by atoms with E-state index in [1.807, 2.05) is 0 Å². The molecule has 5 nitrogen and oxygen atoms in total. The van der Waals surface area contributed by atoms with E-state index in [2.05, 4.69) is 4.72 Å². The Morgan fingerprint density at radius 2 is 2.11 bits per heavy atom. The van der Waals surface area contributed by atoms with Crippen LogP contribution in [0.4, 0.5) is 11.4 Å². The van der Waals surface area contributed by atoms with Gasteiger partial charge in [-0.15, -0.1) is 11.3 Å². The summed E-state index contributed by atoms with van der Waals surface area (Å²) in [6.07, 6.45) is 0. The van der Waals surface area contributed by atoms with E-state index in [0.29, 0.717) is 17.1 Å². The van der Waals surface area contributed by atoms with Crippen LogP contribution in [-0.4, -0.2) is 15.5 Å². The van der Waals surface area contributed by atoms with Crippen molar-refractivity contribution in [2.75, 3.05) is 17.6 Å². The zero-order valence-corrected chi connectivity index (χ0v) is 11.2. The number of benzene rings is 1. The second kappa shape index (κ2) is 4.87. The maximum atomic E-state index is 12.0. The van der Waals surface area contributed by atoms with E-state index in [4.69, 9.17) is 10.5 Å². The van der Waals surface area contributed by atoms with E-state index in [9.17, 15) is 8.42 Å². The quantitative estimate of drug-likeness (QED) is 0.843. The van der Waals surface area contributed by atoms with Crippen LogP contribution in [0.2, 0.25) is 0 Å². The van der Waals surface area contributed by atoms with Gasteiger partial charge in [-0.05, 0) is 29.6 Å². The Balaban J connectivity index is 2.27. The highest BCUT2D eigenvalue weighted by molar-refractivity contribution is 7.94. The molecule has 2 rings (SSSR count). The van der Waals surface area contributed by atoms with Gasteiger partial charge in [0.15, 0.2) is 0 Å². The zero-order chi connectivity index (χ0) is 13.2. The number of anilines is 2. The van der Waals surface area contributed by atoms with Gasteiger partial charge in [-0.2, -0.15) is 0 Å². The van der Waals surface area contributed by atoms with Crippen molar-refractivity contribution >= 4 is 32.7 Å². The number of nitrogens with two attached hydrogens (primary N) is 1. The smallest absolute Gasteiger partial charge is 0.271 e. The van der Waals surface area contributed by atoms with Gasteiger partial charge >= 0.3 is 0 Å². The largest absolute Gasteiger partial charge is 0.495 e. The molecule has 1 heterocycles. The molecule has 0 radical (unpaired) electrons. The summed E-state index contributed by atoms with van der Waals surface area (Å²) in [5.74, 6) is 0.508. The lowest BCUT2D eigenvalue weighted by atomic mass is 10.2. The Kier molecular flexibility index (Phi) is 3.44. The van der Waals surface area contributed by atoms with Crippen LogP contribution in [0.3, 0.4) is 0 Å². The van der Waals surface area contributed by atoms with Crippen molar-refractivity contribution in [1.82, 2.24) is 0 Å². The first-order valence-corrected chi connectivity index (χ1v) is 7.39. The molecule has 0 aliphatic carbocycles. The van der Waals surface area contributed by atoms with Gasteiger partial charge in [0, 0.05) is 0 Å². The fraction of sp³-hybridized carbons (Fsp3) is 0.0909. The summed E-state index contributed by atoms with van der Waals surface area (Å²) < 4.78 is 31.6. The summed E-state index contributed by atoms with van der Waals surface area (Å²) in [6, 6.07) is 7.95. The molecule has 0 spiro atoms. The molecule has 2 aromatic rings. The van der Waals surface area contributed by atoms with Gasteiger partial charge in [0.1, 0.15) is 9.96 Å². The lowest BCUT2D eigenvalue weighted by Crippen LogP contribution is -2.11. The number of rotatable bonds is 4. The predicted molar refractivity (Wildman–Crippen MR) is 72.5 cm³/mol. The summed E-state index contributed by atoms with van der Waals surface area (Å²) in [5, 5.41) is 1.71. The summed E-state index contributed by atoms with van der Waals surface area (Å²) >= 11 is 1.15. The number of thiophene rings is 1. The number of nitrogen functional groups attached to an aromatic ring is 1. The van der Waals surface area contributed by atoms with Crippen molar-refractivity contribution in [2.24, 2.45) is 0 Å². The van der Waals surface area contributed by atoms with Crippen LogP contribution in [0, 0.1) is 0 Å². The summed E-state index contributed by atoms with van der Waals surface area (Å²) in [7, 11) is -2.03. The Bertz CT molecular complexity index is 636. The van der Waals surface area contributed by atoms with Crippen molar-refractivity contribution in [3.05, 3.63) is 35.7 Å². The fourth-order valence-electron chi connectivity index (χ4n) is 1.42. The highest BCUT2D eigenvalue weighted by Crippen LogP contribution is 2.26. The number of methoxy groups -OCH3 is 1. The SMILES string of the molecule is COc1ccc(NS(=O)(=O)c2cccs2)cc1N. The van der Waals surface area contributed by atoms with Crippen LogP contribution in [0.15, 0.2) is 39.9 Å². The standard InChI is InChI=1S/C11H12N2O3S2/c1-16-10-5-4-8(7-9(10)12)13-18(14,15)11-3-2-6-17-11/h2-7,13H,12H2,1H3. The van der Waals surface area contributed by atoms with Crippen LogP contribution in [0.25, 0.3) is 0 Å². The number of nitrogens with one attached hydrogen (secondary N) is 1. The highest BCUT2D eigenvalue weighted by Gasteiger charge is 2.15.